The highest BCUT2D eigenvalue weighted by Crippen LogP contribution is 2.23. The summed E-state index contributed by atoms with van der Waals surface area (Å²) in [6.45, 7) is 2.23. The molecule has 0 spiro atoms. The molecule has 0 atom stereocenters. The van der Waals surface area contributed by atoms with Gasteiger partial charge in [-0.25, -0.2) is 9.98 Å². The predicted octanol–water partition coefficient (Wildman–Crippen LogP) is 0.843. The number of nitrogens with zero attached hydrogens (tertiary/aromatic N) is 5. The third-order valence-corrected chi connectivity index (χ3v) is 3.01. The molecule has 2 aromatic rings. The van der Waals surface area contributed by atoms with Gasteiger partial charge in [-0.05, 0) is 6.92 Å². The van der Waals surface area contributed by atoms with E-state index in [1.807, 2.05) is 0 Å². The number of nitrogens with one attached hydrogen (secondary N) is 2. The van der Waals surface area contributed by atoms with Crippen LogP contribution in [-0.2, 0) is 0 Å². The Bertz CT molecular complexity index is 744. The van der Waals surface area contributed by atoms with Crippen LogP contribution in [0.3, 0.4) is 0 Å². The lowest BCUT2D eigenvalue weighted by Gasteiger charge is -2.10. The minimum absolute atomic E-state index is 0.00934. The molecule has 2 rings (SSSR count). The molecule has 0 bridgehead atoms. The summed E-state index contributed by atoms with van der Waals surface area (Å²) in [7, 11) is 0. The molecule has 6 N–H and O–H groups in total. The average molecular weight is 334 g/mol. The van der Waals surface area contributed by atoms with Gasteiger partial charge in [0, 0.05) is 31.0 Å². The molecule has 2 aromatic heterocycles. The molecule has 0 unspecified atom stereocenters. The van der Waals surface area contributed by atoms with Gasteiger partial charge in [0.2, 0.25) is 5.95 Å². The first-order valence-corrected chi connectivity index (χ1v) is 7.20. The lowest BCUT2D eigenvalue weighted by molar-refractivity contribution is 1.08. The molecule has 0 saturated heterocycles. The molecule has 2 heterocycles. The Morgan fingerprint density at radius 3 is 2.78 bits per heavy atom. The first-order valence-electron chi connectivity index (χ1n) is 6.66. The Morgan fingerprint density at radius 1 is 1.39 bits per heavy atom. The van der Waals surface area contributed by atoms with Crippen molar-refractivity contribution in [3.05, 3.63) is 29.3 Å². The SMILES string of the molecule is Cc1nccnc1C(N)=Nc1nc(N)nc(NCCCl)c1C=N. The van der Waals surface area contributed by atoms with Crippen molar-refractivity contribution < 1.29 is 0 Å². The van der Waals surface area contributed by atoms with Crippen LogP contribution in [0.1, 0.15) is 17.0 Å². The maximum Gasteiger partial charge on any atom is 0.224 e. The molecule has 0 aliphatic rings. The molecule has 9 nitrogen and oxygen atoms in total. The number of aryl methyl sites for hydroxylation is 1. The summed E-state index contributed by atoms with van der Waals surface area (Å²) in [6, 6.07) is 0. The number of anilines is 2. The van der Waals surface area contributed by atoms with Gasteiger partial charge in [-0.1, -0.05) is 0 Å². The number of nitrogen functional groups attached to an aromatic ring is 1. The number of nitrogens with two attached hydrogens (primary N) is 2. The lowest BCUT2D eigenvalue weighted by Crippen LogP contribution is -2.18. The Morgan fingerprint density at radius 2 is 2.13 bits per heavy atom. The fourth-order valence-corrected chi connectivity index (χ4v) is 1.91. The van der Waals surface area contributed by atoms with Crippen LogP contribution in [-0.4, -0.2) is 44.4 Å². The molecule has 120 valence electrons. The van der Waals surface area contributed by atoms with E-state index in [0.717, 1.165) is 6.21 Å². The van der Waals surface area contributed by atoms with Crippen LogP contribution in [0.25, 0.3) is 0 Å². The Hall–Kier alpha value is -2.81. The van der Waals surface area contributed by atoms with E-state index in [1.54, 1.807) is 13.1 Å². The summed E-state index contributed by atoms with van der Waals surface area (Å²) in [5, 5.41) is 10.5. The first-order chi connectivity index (χ1) is 11.1. The molecule has 10 heteroatoms. The molecular weight excluding hydrogens is 318 g/mol. The van der Waals surface area contributed by atoms with Crippen LogP contribution in [0.5, 0.6) is 0 Å². The number of rotatable bonds is 6. The van der Waals surface area contributed by atoms with E-state index < -0.39 is 0 Å². The zero-order valence-electron chi connectivity index (χ0n) is 12.4. The van der Waals surface area contributed by atoms with E-state index in [-0.39, 0.29) is 17.6 Å². The quantitative estimate of drug-likeness (QED) is 0.347. The topological polar surface area (TPSA) is 152 Å². The second kappa shape index (κ2) is 7.45. The summed E-state index contributed by atoms with van der Waals surface area (Å²) < 4.78 is 0. The van der Waals surface area contributed by atoms with Gasteiger partial charge < -0.3 is 22.2 Å². The normalized spacial score (nSPS) is 11.3. The number of hydrogen-bond acceptors (Lipinski definition) is 8. The monoisotopic (exact) mass is 333 g/mol. The number of alkyl halides is 1. The van der Waals surface area contributed by atoms with E-state index >= 15 is 0 Å². The van der Waals surface area contributed by atoms with Gasteiger partial charge in [0.1, 0.15) is 11.5 Å². The third kappa shape index (κ3) is 3.89. The van der Waals surface area contributed by atoms with Gasteiger partial charge in [-0.3, -0.25) is 4.98 Å². The zero-order valence-corrected chi connectivity index (χ0v) is 13.2. The Labute approximate surface area is 137 Å². The van der Waals surface area contributed by atoms with Gasteiger partial charge in [-0.15, -0.1) is 11.6 Å². The average Bonchev–Trinajstić information content (AvgIpc) is 2.53. The highest BCUT2D eigenvalue weighted by atomic mass is 35.5. The maximum absolute atomic E-state index is 7.57. The first kappa shape index (κ1) is 16.6. The molecule has 23 heavy (non-hydrogen) atoms. The van der Waals surface area contributed by atoms with Crippen LogP contribution < -0.4 is 16.8 Å². The van der Waals surface area contributed by atoms with Crippen molar-refractivity contribution in [1.29, 1.82) is 5.41 Å². The zero-order chi connectivity index (χ0) is 16.8. The van der Waals surface area contributed by atoms with Crippen LogP contribution in [0, 0.1) is 12.3 Å². The molecule has 0 aliphatic heterocycles. The Balaban J connectivity index is 2.50. The van der Waals surface area contributed by atoms with Gasteiger partial charge in [0.25, 0.3) is 0 Å². The standard InChI is InChI=1S/C13H16ClN9/c1-7-9(19-5-4-18-7)10(16)21-12-8(6-15)11(20-3-2-14)22-13(17)23-12/h4-6,15H,2-3H2,1H3,(H5,16,17,20,21,22,23). The fourth-order valence-electron chi connectivity index (χ4n) is 1.82. The predicted molar refractivity (Wildman–Crippen MR) is 90.7 cm³/mol. The van der Waals surface area contributed by atoms with Gasteiger partial charge in [-0.2, -0.15) is 9.97 Å². The minimum atomic E-state index is 0.00934. The van der Waals surface area contributed by atoms with Gasteiger partial charge in [0.05, 0.1) is 11.3 Å². The van der Waals surface area contributed by atoms with E-state index in [1.165, 1.54) is 6.20 Å². The van der Waals surface area contributed by atoms with Crippen molar-refractivity contribution >= 4 is 41.2 Å². The van der Waals surface area contributed by atoms with E-state index in [0.29, 0.717) is 35.2 Å². The maximum atomic E-state index is 7.57. The number of aromatic nitrogens is 4. The summed E-state index contributed by atoms with van der Waals surface area (Å²) in [5.41, 5.74) is 13.1. The van der Waals surface area contributed by atoms with Crippen molar-refractivity contribution in [2.75, 3.05) is 23.5 Å². The number of halogens is 1. The van der Waals surface area contributed by atoms with Crippen molar-refractivity contribution in [1.82, 2.24) is 19.9 Å². The van der Waals surface area contributed by atoms with Crippen LogP contribution in [0.4, 0.5) is 17.6 Å². The second-order valence-corrected chi connectivity index (χ2v) is 4.79. The molecule has 0 aromatic carbocycles. The van der Waals surface area contributed by atoms with Gasteiger partial charge >= 0.3 is 0 Å². The summed E-state index contributed by atoms with van der Waals surface area (Å²) in [6.07, 6.45) is 4.15. The summed E-state index contributed by atoms with van der Waals surface area (Å²) in [5.74, 6) is 1.05. The molecule has 0 fully saturated rings. The lowest BCUT2D eigenvalue weighted by atomic mass is 10.2. The molecule has 0 radical (unpaired) electrons. The van der Waals surface area contributed by atoms with E-state index in [4.69, 9.17) is 28.5 Å². The van der Waals surface area contributed by atoms with Crippen molar-refractivity contribution in [2.24, 2.45) is 10.7 Å². The Kier molecular flexibility index (Phi) is 5.36. The number of hydrogen-bond donors (Lipinski definition) is 4. The van der Waals surface area contributed by atoms with Crippen molar-refractivity contribution in [2.45, 2.75) is 6.92 Å². The minimum Gasteiger partial charge on any atom is -0.382 e. The van der Waals surface area contributed by atoms with Crippen LogP contribution in [0.15, 0.2) is 17.4 Å². The molecular formula is C13H16ClN9. The van der Waals surface area contributed by atoms with Crippen LogP contribution >= 0.6 is 11.6 Å². The number of aliphatic imine (C=N–C) groups is 1. The molecule has 0 amide bonds. The largest absolute Gasteiger partial charge is 0.382 e. The second-order valence-electron chi connectivity index (χ2n) is 4.42. The summed E-state index contributed by atoms with van der Waals surface area (Å²) >= 11 is 5.65. The molecule has 0 saturated carbocycles. The van der Waals surface area contributed by atoms with Gasteiger partial charge in [0.15, 0.2) is 11.7 Å². The van der Waals surface area contributed by atoms with E-state index in [2.05, 4.69) is 30.2 Å². The molecule has 0 aliphatic carbocycles. The highest BCUT2D eigenvalue weighted by Gasteiger charge is 2.13. The van der Waals surface area contributed by atoms with Crippen molar-refractivity contribution in [3.8, 4) is 0 Å². The fraction of sp³-hybridized carbons (Fsp3) is 0.231. The summed E-state index contributed by atoms with van der Waals surface area (Å²) in [4.78, 5) is 20.6. The van der Waals surface area contributed by atoms with E-state index in [9.17, 15) is 0 Å². The van der Waals surface area contributed by atoms with Crippen molar-refractivity contribution in [3.63, 3.8) is 0 Å². The number of amidine groups is 1. The smallest absolute Gasteiger partial charge is 0.224 e. The highest BCUT2D eigenvalue weighted by molar-refractivity contribution is 6.18. The third-order valence-electron chi connectivity index (χ3n) is 2.82. The van der Waals surface area contributed by atoms with Crippen LogP contribution in [0.2, 0.25) is 0 Å².